The fourth-order valence-corrected chi connectivity index (χ4v) is 1.27. The van der Waals surface area contributed by atoms with Gasteiger partial charge >= 0.3 is 5.97 Å². The summed E-state index contributed by atoms with van der Waals surface area (Å²) < 4.78 is 4.82. The minimum atomic E-state index is -0.328. The second-order valence-corrected chi connectivity index (χ2v) is 5.12. The third kappa shape index (κ3) is 8.72. The predicted octanol–water partition coefficient (Wildman–Crippen LogP) is 2.27. The Hall–Kier alpha value is -1.06. The van der Waals surface area contributed by atoms with Gasteiger partial charge in [-0.05, 0) is 19.8 Å². The van der Waals surface area contributed by atoms with Crippen molar-refractivity contribution in [2.75, 3.05) is 13.2 Å². The first-order chi connectivity index (χ1) is 7.88. The molecule has 1 N–H and O–H groups in total. The van der Waals surface area contributed by atoms with Crippen molar-refractivity contribution in [2.45, 2.75) is 53.4 Å². The smallest absolute Gasteiger partial charge is 0.305 e. The molecule has 100 valence electrons. The van der Waals surface area contributed by atoms with E-state index < -0.39 is 0 Å². The van der Waals surface area contributed by atoms with E-state index in [0.717, 1.165) is 19.3 Å². The lowest BCUT2D eigenvalue weighted by atomic mass is 9.96. The zero-order valence-electron chi connectivity index (χ0n) is 11.5. The Labute approximate surface area is 104 Å². The van der Waals surface area contributed by atoms with Gasteiger partial charge in [0.15, 0.2) is 0 Å². The minimum absolute atomic E-state index is 0.0721. The standard InChI is InChI=1S/C13H25NO3/c1-5-17-11(15)9-7-6-8-10-14-12(16)13(2,3)4/h5-10H2,1-4H3,(H,14,16). The van der Waals surface area contributed by atoms with Gasteiger partial charge in [-0.1, -0.05) is 27.2 Å². The summed E-state index contributed by atoms with van der Waals surface area (Å²) in [5.74, 6) is -0.0610. The minimum Gasteiger partial charge on any atom is -0.466 e. The summed E-state index contributed by atoms with van der Waals surface area (Å²) >= 11 is 0. The molecule has 0 aromatic rings. The van der Waals surface area contributed by atoms with E-state index in [0.29, 0.717) is 19.6 Å². The Kier molecular flexibility index (Phi) is 7.59. The van der Waals surface area contributed by atoms with E-state index in [2.05, 4.69) is 5.32 Å². The van der Waals surface area contributed by atoms with Gasteiger partial charge in [-0.3, -0.25) is 9.59 Å². The summed E-state index contributed by atoms with van der Waals surface area (Å²) in [6.45, 7) is 8.61. The van der Waals surface area contributed by atoms with Crippen LogP contribution in [0.15, 0.2) is 0 Å². The number of nitrogens with one attached hydrogen (secondary N) is 1. The number of hydrogen-bond acceptors (Lipinski definition) is 3. The van der Waals surface area contributed by atoms with E-state index in [-0.39, 0.29) is 17.3 Å². The van der Waals surface area contributed by atoms with Gasteiger partial charge in [0.05, 0.1) is 6.61 Å². The van der Waals surface area contributed by atoms with Gasteiger partial charge in [0.1, 0.15) is 0 Å². The first kappa shape index (κ1) is 15.9. The molecule has 0 bridgehead atoms. The maximum atomic E-state index is 11.5. The number of ether oxygens (including phenoxy) is 1. The van der Waals surface area contributed by atoms with Gasteiger partial charge in [0, 0.05) is 18.4 Å². The van der Waals surface area contributed by atoms with Crippen LogP contribution in [0.4, 0.5) is 0 Å². The Morgan fingerprint density at radius 1 is 1.12 bits per heavy atom. The molecule has 0 aromatic carbocycles. The normalized spacial score (nSPS) is 11.1. The van der Waals surface area contributed by atoms with Crippen LogP contribution in [0.5, 0.6) is 0 Å². The van der Waals surface area contributed by atoms with Crippen LogP contribution < -0.4 is 5.32 Å². The highest BCUT2D eigenvalue weighted by Crippen LogP contribution is 2.12. The van der Waals surface area contributed by atoms with Crippen molar-refractivity contribution < 1.29 is 14.3 Å². The molecule has 4 nitrogen and oxygen atoms in total. The van der Waals surface area contributed by atoms with Crippen molar-refractivity contribution >= 4 is 11.9 Å². The highest BCUT2D eigenvalue weighted by molar-refractivity contribution is 5.81. The van der Waals surface area contributed by atoms with E-state index in [4.69, 9.17) is 4.74 Å². The summed E-state index contributed by atoms with van der Waals surface area (Å²) in [6, 6.07) is 0. The molecular weight excluding hydrogens is 218 g/mol. The van der Waals surface area contributed by atoms with Crippen LogP contribution >= 0.6 is 0 Å². The molecule has 0 aromatic heterocycles. The Morgan fingerprint density at radius 2 is 1.76 bits per heavy atom. The molecule has 1 amide bonds. The highest BCUT2D eigenvalue weighted by atomic mass is 16.5. The summed E-state index contributed by atoms with van der Waals surface area (Å²) in [5, 5.41) is 2.88. The molecule has 0 atom stereocenters. The lowest BCUT2D eigenvalue weighted by Crippen LogP contribution is -2.35. The van der Waals surface area contributed by atoms with Crippen LogP contribution in [0, 0.1) is 5.41 Å². The fraction of sp³-hybridized carbons (Fsp3) is 0.846. The first-order valence-electron chi connectivity index (χ1n) is 6.32. The maximum Gasteiger partial charge on any atom is 0.305 e. The Bertz CT molecular complexity index is 244. The number of carbonyl (C=O) groups is 2. The molecule has 0 fully saturated rings. The summed E-state index contributed by atoms with van der Waals surface area (Å²) in [5.41, 5.74) is -0.328. The van der Waals surface area contributed by atoms with Crippen LogP contribution in [-0.2, 0) is 14.3 Å². The van der Waals surface area contributed by atoms with Crippen molar-refractivity contribution in [3.05, 3.63) is 0 Å². The monoisotopic (exact) mass is 243 g/mol. The van der Waals surface area contributed by atoms with E-state index >= 15 is 0 Å². The summed E-state index contributed by atoms with van der Waals surface area (Å²) in [6.07, 6.45) is 3.13. The predicted molar refractivity (Wildman–Crippen MR) is 67.6 cm³/mol. The number of esters is 1. The molecule has 4 heteroatoms. The summed E-state index contributed by atoms with van der Waals surface area (Å²) in [7, 11) is 0. The fourth-order valence-electron chi connectivity index (χ4n) is 1.27. The molecule has 0 spiro atoms. The lowest BCUT2D eigenvalue weighted by molar-refractivity contribution is -0.143. The molecule has 0 aliphatic carbocycles. The molecule has 0 rings (SSSR count). The average Bonchev–Trinajstić information content (AvgIpc) is 2.21. The largest absolute Gasteiger partial charge is 0.466 e. The van der Waals surface area contributed by atoms with Gasteiger partial charge in [0.2, 0.25) is 5.91 Å². The van der Waals surface area contributed by atoms with Gasteiger partial charge in [-0.25, -0.2) is 0 Å². The second kappa shape index (κ2) is 8.09. The number of carbonyl (C=O) groups excluding carboxylic acids is 2. The summed E-state index contributed by atoms with van der Waals surface area (Å²) in [4.78, 5) is 22.5. The van der Waals surface area contributed by atoms with Crippen molar-refractivity contribution in [1.29, 1.82) is 0 Å². The SMILES string of the molecule is CCOC(=O)CCCCCNC(=O)C(C)(C)C. The van der Waals surface area contributed by atoms with Crippen LogP contribution in [0.2, 0.25) is 0 Å². The Balaban J connectivity index is 3.42. The second-order valence-electron chi connectivity index (χ2n) is 5.12. The highest BCUT2D eigenvalue weighted by Gasteiger charge is 2.19. The molecule has 17 heavy (non-hydrogen) atoms. The van der Waals surface area contributed by atoms with Crippen molar-refractivity contribution in [3.8, 4) is 0 Å². The van der Waals surface area contributed by atoms with Crippen LogP contribution in [0.3, 0.4) is 0 Å². The van der Waals surface area contributed by atoms with E-state index in [1.807, 2.05) is 20.8 Å². The molecule has 0 aliphatic rings. The molecule has 0 unspecified atom stereocenters. The van der Waals surface area contributed by atoms with E-state index in [1.165, 1.54) is 0 Å². The number of unbranched alkanes of at least 4 members (excludes halogenated alkanes) is 2. The van der Waals surface area contributed by atoms with Crippen LogP contribution in [0.1, 0.15) is 53.4 Å². The molecule has 0 heterocycles. The molecule has 0 saturated carbocycles. The number of rotatable bonds is 7. The number of amides is 1. The lowest BCUT2D eigenvalue weighted by Gasteiger charge is -2.17. The maximum absolute atomic E-state index is 11.5. The first-order valence-corrected chi connectivity index (χ1v) is 6.32. The Morgan fingerprint density at radius 3 is 2.29 bits per heavy atom. The number of hydrogen-bond donors (Lipinski definition) is 1. The third-order valence-corrected chi connectivity index (χ3v) is 2.33. The average molecular weight is 243 g/mol. The molecular formula is C13H25NO3. The van der Waals surface area contributed by atoms with Crippen LogP contribution in [-0.4, -0.2) is 25.0 Å². The zero-order valence-corrected chi connectivity index (χ0v) is 11.5. The van der Waals surface area contributed by atoms with Gasteiger partial charge < -0.3 is 10.1 Å². The zero-order chi connectivity index (χ0) is 13.3. The van der Waals surface area contributed by atoms with Crippen molar-refractivity contribution in [3.63, 3.8) is 0 Å². The van der Waals surface area contributed by atoms with Gasteiger partial charge in [-0.2, -0.15) is 0 Å². The van der Waals surface area contributed by atoms with Gasteiger partial charge in [-0.15, -0.1) is 0 Å². The van der Waals surface area contributed by atoms with E-state index in [9.17, 15) is 9.59 Å². The molecule has 0 radical (unpaired) electrons. The van der Waals surface area contributed by atoms with Crippen LogP contribution in [0.25, 0.3) is 0 Å². The van der Waals surface area contributed by atoms with Crippen molar-refractivity contribution in [2.24, 2.45) is 5.41 Å². The van der Waals surface area contributed by atoms with E-state index in [1.54, 1.807) is 6.92 Å². The van der Waals surface area contributed by atoms with Gasteiger partial charge in [0.25, 0.3) is 0 Å². The molecule has 0 aliphatic heterocycles. The topological polar surface area (TPSA) is 55.4 Å². The third-order valence-electron chi connectivity index (χ3n) is 2.33. The molecule has 0 saturated heterocycles. The quantitative estimate of drug-likeness (QED) is 0.551. The van der Waals surface area contributed by atoms with Crippen molar-refractivity contribution in [1.82, 2.24) is 5.32 Å².